The fourth-order valence-corrected chi connectivity index (χ4v) is 1.68. The maximum atomic E-state index is 12.3. The van der Waals surface area contributed by atoms with Crippen LogP contribution in [-0.2, 0) is 19.1 Å². The van der Waals surface area contributed by atoms with Gasteiger partial charge < -0.3 is 15.2 Å². The highest BCUT2D eigenvalue weighted by atomic mass is 35.5. The number of hydrogen-bond acceptors (Lipinski definition) is 5. The lowest BCUT2D eigenvalue weighted by Crippen LogP contribution is -2.40. The van der Waals surface area contributed by atoms with Crippen LogP contribution < -0.4 is 5.73 Å². The van der Waals surface area contributed by atoms with Crippen LogP contribution in [0.5, 0.6) is 0 Å². The molecule has 21 heavy (non-hydrogen) atoms. The first kappa shape index (κ1) is 22.5. The Morgan fingerprint density at radius 1 is 0.905 bits per heavy atom. The molecule has 0 saturated carbocycles. The highest BCUT2D eigenvalue weighted by Crippen LogP contribution is 2.30. The Kier molecular flexibility index (Phi) is 8.55. The summed E-state index contributed by atoms with van der Waals surface area (Å²) in [6, 6.07) is 0. The smallest absolute Gasteiger partial charge is 0.312 e. The number of carbonyl (C=O) groups excluding carboxylic acids is 2. The number of nitrogens with two attached hydrogens (primary N) is 1. The zero-order valence-electron chi connectivity index (χ0n) is 14.2. The molecule has 0 rings (SSSR count). The summed E-state index contributed by atoms with van der Waals surface area (Å²) in [4.78, 5) is 24.2. The van der Waals surface area contributed by atoms with Crippen LogP contribution in [0.2, 0.25) is 0 Å². The van der Waals surface area contributed by atoms with E-state index in [4.69, 9.17) is 15.2 Å². The largest absolute Gasteiger partial charge is 0.460 e. The molecule has 0 aromatic heterocycles. The van der Waals surface area contributed by atoms with Gasteiger partial charge in [-0.05, 0) is 61.4 Å². The van der Waals surface area contributed by atoms with Crippen LogP contribution >= 0.6 is 12.4 Å². The molecule has 0 aliphatic heterocycles. The van der Waals surface area contributed by atoms with Crippen molar-refractivity contribution in [3.63, 3.8) is 0 Å². The zero-order valence-corrected chi connectivity index (χ0v) is 15.1. The fourth-order valence-electron chi connectivity index (χ4n) is 1.68. The average Bonchev–Trinajstić information content (AvgIpc) is 2.10. The maximum Gasteiger partial charge on any atom is 0.312 e. The molecular weight excluding hydrogens is 294 g/mol. The van der Waals surface area contributed by atoms with Gasteiger partial charge in [-0.25, -0.2) is 0 Å². The van der Waals surface area contributed by atoms with E-state index < -0.39 is 28.6 Å². The van der Waals surface area contributed by atoms with Gasteiger partial charge in [0.1, 0.15) is 11.2 Å². The Hall–Kier alpha value is -0.810. The molecule has 5 nitrogen and oxygen atoms in total. The van der Waals surface area contributed by atoms with Crippen LogP contribution in [0.4, 0.5) is 0 Å². The van der Waals surface area contributed by atoms with Gasteiger partial charge in [0.15, 0.2) is 0 Å². The Balaban J connectivity index is 0. The van der Waals surface area contributed by atoms with Crippen molar-refractivity contribution in [2.75, 3.05) is 6.54 Å². The summed E-state index contributed by atoms with van der Waals surface area (Å²) in [5, 5.41) is 0. The molecule has 0 aromatic rings. The minimum atomic E-state index is -0.954. The first-order valence-electron chi connectivity index (χ1n) is 6.94. The van der Waals surface area contributed by atoms with E-state index in [1.807, 2.05) is 0 Å². The molecule has 0 bridgehead atoms. The van der Waals surface area contributed by atoms with E-state index in [2.05, 4.69) is 0 Å². The standard InChI is InChI=1S/C15H29NO4.ClH/c1-13(2,3)19-11(17)10-15(7,8-9-16)12(18)20-14(4,5)6;/h8-10,16H2,1-7H3;1H. The average molecular weight is 324 g/mol. The molecule has 2 N–H and O–H groups in total. The van der Waals surface area contributed by atoms with Crippen molar-refractivity contribution in [2.24, 2.45) is 11.1 Å². The normalized spacial score (nSPS) is 14.7. The van der Waals surface area contributed by atoms with Crippen LogP contribution in [-0.4, -0.2) is 29.7 Å². The van der Waals surface area contributed by atoms with Gasteiger partial charge in [-0.2, -0.15) is 0 Å². The predicted octanol–water partition coefficient (Wildman–Crippen LogP) is 2.84. The summed E-state index contributed by atoms with van der Waals surface area (Å²) in [6.45, 7) is 12.7. The summed E-state index contributed by atoms with van der Waals surface area (Å²) >= 11 is 0. The molecule has 0 saturated heterocycles. The molecule has 0 radical (unpaired) electrons. The summed E-state index contributed by atoms with van der Waals surface area (Å²) in [5.74, 6) is -0.833. The van der Waals surface area contributed by atoms with E-state index in [0.717, 1.165) is 0 Å². The number of esters is 2. The SMILES string of the molecule is CC(C)(C)OC(=O)CC(C)(CCN)C(=O)OC(C)(C)C.Cl. The van der Waals surface area contributed by atoms with E-state index in [9.17, 15) is 9.59 Å². The van der Waals surface area contributed by atoms with Crippen molar-refractivity contribution in [2.45, 2.75) is 72.5 Å². The van der Waals surface area contributed by atoms with Crippen molar-refractivity contribution in [3.05, 3.63) is 0 Å². The van der Waals surface area contributed by atoms with E-state index in [1.165, 1.54) is 0 Å². The van der Waals surface area contributed by atoms with Gasteiger partial charge in [-0.15, -0.1) is 12.4 Å². The van der Waals surface area contributed by atoms with Gasteiger partial charge in [-0.1, -0.05) is 0 Å². The third-order valence-electron chi connectivity index (χ3n) is 2.54. The van der Waals surface area contributed by atoms with Crippen LogP contribution in [0.3, 0.4) is 0 Å². The van der Waals surface area contributed by atoms with E-state index in [-0.39, 0.29) is 18.8 Å². The molecular formula is C15H30ClNO4. The van der Waals surface area contributed by atoms with E-state index in [1.54, 1.807) is 48.5 Å². The molecule has 0 aromatic carbocycles. The lowest BCUT2D eigenvalue weighted by atomic mass is 9.83. The molecule has 0 amide bonds. The lowest BCUT2D eigenvalue weighted by Gasteiger charge is -2.31. The third-order valence-corrected chi connectivity index (χ3v) is 2.54. The Morgan fingerprint density at radius 2 is 1.33 bits per heavy atom. The minimum absolute atomic E-state index is 0. The first-order chi connectivity index (χ1) is 8.79. The van der Waals surface area contributed by atoms with Gasteiger partial charge in [0, 0.05) is 0 Å². The Labute approximate surface area is 134 Å². The second-order valence-electron chi connectivity index (χ2n) is 7.36. The van der Waals surface area contributed by atoms with Crippen molar-refractivity contribution < 1.29 is 19.1 Å². The van der Waals surface area contributed by atoms with Crippen molar-refractivity contribution in [1.29, 1.82) is 0 Å². The molecule has 0 heterocycles. The summed E-state index contributed by atoms with van der Waals surface area (Å²) in [5.41, 5.74) is 3.43. The number of hydrogen-bond donors (Lipinski definition) is 1. The predicted molar refractivity (Wildman–Crippen MR) is 85.3 cm³/mol. The molecule has 0 aliphatic carbocycles. The maximum absolute atomic E-state index is 12.3. The minimum Gasteiger partial charge on any atom is -0.460 e. The van der Waals surface area contributed by atoms with Gasteiger partial charge >= 0.3 is 11.9 Å². The fraction of sp³-hybridized carbons (Fsp3) is 0.867. The topological polar surface area (TPSA) is 78.6 Å². The van der Waals surface area contributed by atoms with Crippen LogP contribution in [0.1, 0.15) is 61.3 Å². The molecule has 0 aliphatic rings. The van der Waals surface area contributed by atoms with Crippen molar-refractivity contribution in [3.8, 4) is 0 Å². The van der Waals surface area contributed by atoms with Crippen molar-refractivity contribution in [1.82, 2.24) is 0 Å². The second kappa shape index (κ2) is 7.99. The second-order valence-corrected chi connectivity index (χ2v) is 7.36. The number of ether oxygens (including phenoxy) is 2. The lowest BCUT2D eigenvalue weighted by molar-refractivity contribution is -0.174. The van der Waals surface area contributed by atoms with Crippen LogP contribution in [0.25, 0.3) is 0 Å². The van der Waals surface area contributed by atoms with Gasteiger partial charge in [0.2, 0.25) is 0 Å². The van der Waals surface area contributed by atoms with Crippen molar-refractivity contribution >= 4 is 24.3 Å². The molecule has 0 fully saturated rings. The highest BCUT2D eigenvalue weighted by molar-refractivity contribution is 5.85. The summed E-state index contributed by atoms with van der Waals surface area (Å²) < 4.78 is 10.7. The quantitative estimate of drug-likeness (QED) is 0.787. The number of rotatable bonds is 5. The number of halogens is 1. The Bertz CT molecular complexity index is 358. The van der Waals surface area contributed by atoms with Gasteiger partial charge in [0.05, 0.1) is 11.8 Å². The summed E-state index contributed by atoms with van der Waals surface area (Å²) in [7, 11) is 0. The van der Waals surface area contributed by atoms with Gasteiger partial charge in [0.25, 0.3) is 0 Å². The number of carbonyl (C=O) groups is 2. The highest BCUT2D eigenvalue weighted by Gasteiger charge is 2.39. The molecule has 0 spiro atoms. The molecule has 1 unspecified atom stereocenters. The molecule has 126 valence electrons. The first-order valence-corrected chi connectivity index (χ1v) is 6.94. The monoisotopic (exact) mass is 323 g/mol. The zero-order chi connectivity index (χ0) is 16.2. The van der Waals surface area contributed by atoms with Crippen LogP contribution in [0.15, 0.2) is 0 Å². The van der Waals surface area contributed by atoms with E-state index >= 15 is 0 Å². The molecule has 1 atom stereocenters. The van der Waals surface area contributed by atoms with Gasteiger partial charge in [-0.3, -0.25) is 9.59 Å². The third kappa shape index (κ3) is 9.69. The van der Waals surface area contributed by atoms with Crippen LogP contribution in [0, 0.1) is 5.41 Å². The van der Waals surface area contributed by atoms with E-state index in [0.29, 0.717) is 13.0 Å². The summed E-state index contributed by atoms with van der Waals surface area (Å²) in [6.07, 6.45) is 0.345. The Morgan fingerprint density at radius 3 is 1.67 bits per heavy atom. The molecule has 6 heteroatoms.